The molecule has 12 heavy (non-hydrogen) atoms. The molecule has 0 aliphatic rings. The van der Waals surface area contributed by atoms with Crippen molar-refractivity contribution in [1.82, 2.24) is 0 Å². The van der Waals surface area contributed by atoms with Crippen LogP contribution in [0.4, 0.5) is 0 Å². The van der Waals surface area contributed by atoms with Crippen molar-refractivity contribution in [2.45, 2.75) is 4.90 Å². The molecule has 1 atom stereocenters. The first kappa shape index (κ1) is 7.91. The summed E-state index contributed by atoms with van der Waals surface area (Å²) in [5.41, 5.74) is 0. The van der Waals surface area contributed by atoms with Gasteiger partial charge in [-0.1, -0.05) is 18.2 Å². The fraction of sp³-hybridized carbons (Fsp3) is 0. The Morgan fingerprint density at radius 3 is 2.83 bits per heavy atom. The van der Waals surface area contributed by atoms with Crippen molar-refractivity contribution >= 4 is 32.5 Å². The average molecular weight is 197 g/mol. The molecule has 0 amide bonds. The summed E-state index contributed by atoms with van der Waals surface area (Å²) in [4.78, 5) is 0.399. The summed E-state index contributed by atoms with van der Waals surface area (Å²) in [6, 6.07) is 7.47. The zero-order chi connectivity index (χ0) is 8.55. The van der Waals surface area contributed by atoms with Crippen molar-refractivity contribution < 1.29 is 8.76 Å². The lowest BCUT2D eigenvalue weighted by Crippen LogP contribution is -1.84. The maximum atomic E-state index is 10.7. The standard InChI is InChI=1S/C8H6O2S2/c9-12(10)8-5-11-7-4-2-1-3-6(7)8/h1-5H,(H,9,10)/p-1. The smallest absolute Gasteiger partial charge is 0.0434 e. The second-order valence-electron chi connectivity index (χ2n) is 2.33. The molecule has 0 spiro atoms. The van der Waals surface area contributed by atoms with Crippen molar-refractivity contribution in [3.8, 4) is 0 Å². The maximum absolute atomic E-state index is 10.7. The Labute approximate surface area is 76.1 Å². The highest BCUT2D eigenvalue weighted by Crippen LogP contribution is 2.27. The molecule has 4 heteroatoms. The SMILES string of the molecule is O=S([O-])c1csc2ccccc12. The third-order valence-corrected chi connectivity index (χ3v) is 3.43. The average Bonchev–Trinajstić information content (AvgIpc) is 2.47. The molecule has 0 radical (unpaired) electrons. The molecule has 0 saturated carbocycles. The van der Waals surface area contributed by atoms with Crippen LogP contribution in [0.3, 0.4) is 0 Å². The molecule has 1 unspecified atom stereocenters. The van der Waals surface area contributed by atoms with Gasteiger partial charge in [0.15, 0.2) is 0 Å². The van der Waals surface area contributed by atoms with Gasteiger partial charge in [0.25, 0.3) is 0 Å². The number of rotatable bonds is 1. The summed E-state index contributed by atoms with van der Waals surface area (Å²) in [6.07, 6.45) is 0. The van der Waals surface area contributed by atoms with Gasteiger partial charge in [-0.05, 0) is 17.1 Å². The lowest BCUT2D eigenvalue weighted by Gasteiger charge is -2.01. The highest BCUT2D eigenvalue weighted by Gasteiger charge is 2.01. The molecule has 1 aromatic carbocycles. The Morgan fingerprint density at radius 2 is 2.08 bits per heavy atom. The second-order valence-corrected chi connectivity index (χ2v) is 4.15. The van der Waals surface area contributed by atoms with Crippen LogP contribution in [0, 0.1) is 0 Å². The van der Waals surface area contributed by atoms with E-state index in [1.54, 1.807) is 5.38 Å². The third-order valence-electron chi connectivity index (χ3n) is 1.63. The number of fused-ring (bicyclic) bond motifs is 1. The Hall–Kier alpha value is -0.710. The zero-order valence-electron chi connectivity index (χ0n) is 6.02. The van der Waals surface area contributed by atoms with Crippen LogP contribution in [-0.4, -0.2) is 8.76 Å². The predicted molar refractivity (Wildman–Crippen MR) is 49.0 cm³/mol. The Balaban J connectivity index is 2.79. The number of thiophene rings is 1. The van der Waals surface area contributed by atoms with Crippen molar-refractivity contribution in [3.05, 3.63) is 29.6 Å². The van der Waals surface area contributed by atoms with Crippen molar-refractivity contribution in [2.24, 2.45) is 0 Å². The van der Waals surface area contributed by atoms with Crippen LogP contribution < -0.4 is 0 Å². The fourth-order valence-electron chi connectivity index (χ4n) is 1.08. The monoisotopic (exact) mass is 197 g/mol. The maximum Gasteiger partial charge on any atom is 0.0434 e. The van der Waals surface area contributed by atoms with E-state index in [0.29, 0.717) is 4.90 Å². The second kappa shape index (κ2) is 2.97. The molecule has 62 valence electrons. The van der Waals surface area contributed by atoms with Gasteiger partial charge in [-0.15, -0.1) is 11.3 Å². The van der Waals surface area contributed by atoms with E-state index in [-0.39, 0.29) is 0 Å². The van der Waals surface area contributed by atoms with Crippen LogP contribution >= 0.6 is 11.3 Å². The quantitative estimate of drug-likeness (QED) is 0.657. The summed E-state index contributed by atoms with van der Waals surface area (Å²) >= 11 is -0.663. The van der Waals surface area contributed by atoms with E-state index < -0.39 is 11.1 Å². The summed E-state index contributed by atoms with van der Waals surface area (Å²) in [5, 5.41) is 2.48. The number of benzene rings is 1. The van der Waals surface area contributed by atoms with Gasteiger partial charge < -0.3 is 4.55 Å². The first-order chi connectivity index (χ1) is 5.79. The molecule has 1 aromatic heterocycles. The highest BCUT2D eigenvalue weighted by molar-refractivity contribution is 7.79. The van der Waals surface area contributed by atoms with Gasteiger partial charge in [0.2, 0.25) is 0 Å². The zero-order valence-corrected chi connectivity index (χ0v) is 7.65. The first-order valence-electron chi connectivity index (χ1n) is 3.34. The summed E-state index contributed by atoms with van der Waals surface area (Å²) in [7, 11) is 0. The van der Waals surface area contributed by atoms with Crippen molar-refractivity contribution in [2.75, 3.05) is 0 Å². The van der Waals surface area contributed by atoms with Gasteiger partial charge in [-0.2, -0.15) is 0 Å². The lowest BCUT2D eigenvalue weighted by atomic mass is 10.3. The molecule has 0 fully saturated rings. The third kappa shape index (κ3) is 1.18. The molecule has 2 rings (SSSR count). The molecule has 2 nitrogen and oxygen atoms in total. The van der Waals surface area contributed by atoms with Gasteiger partial charge in [0, 0.05) is 20.4 Å². The number of hydrogen-bond acceptors (Lipinski definition) is 3. The topological polar surface area (TPSA) is 40.1 Å². The van der Waals surface area contributed by atoms with E-state index >= 15 is 0 Å². The number of hydrogen-bond donors (Lipinski definition) is 0. The van der Waals surface area contributed by atoms with Crippen molar-refractivity contribution in [1.29, 1.82) is 0 Å². The van der Waals surface area contributed by atoms with E-state index in [1.165, 1.54) is 11.3 Å². The summed E-state index contributed by atoms with van der Waals surface area (Å²) in [5.74, 6) is 0. The van der Waals surface area contributed by atoms with Gasteiger partial charge in [-0.3, -0.25) is 4.21 Å². The van der Waals surface area contributed by atoms with E-state index in [4.69, 9.17) is 0 Å². The molecule has 0 N–H and O–H groups in total. The van der Waals surface area contributed by atoms with Crippen molar-refractivity contribution in [3.63, 3.8) is 0 Å². The Morgan fingerprint density at radius 1 is 1.33 bits per heavy atom. The van der Waals surface area contributed by atoms with E-state index in [1.807, 2.05) is 24.3 Å². The highest BCUT2D eigenvalue weighted by atomic mass is 32.2. The van der Waals surface area contributed by atoms with Crippen LogP contribution in [0.25, 0.3) is 10.1 Å². The summed E-state index contributed by atoms with van der Waals surface area (Å²) < 4.78 is 22.4. The van der Waals surface area contributed by atoms with Gasteiger partial charge in [0.05, 0.1) is 0 Å². The minimum Gasteiger partial charge on any atom is -0.768 e. The molecule has 2 aromatic rings. The Bertz CT molecular complexity index is 433. The molecule has 0 saturated heterocycles. The van der Waals surface area contributed by atoms with Crippen LogP contribution in [0.2, 0.25) is 0 Å². The fourth-order valence-corrected chi connectivity index (χ4v) is 2.79. The van der Waals surface area contributed by atoms with E-state index in [0.717, 1.165) is 10.1 Å². The predicted octanol–water partition coefficient (Wildman–Crippen LogP) is 2.14. The molecule has 0 bridgehead atoms. The molecular weight excluding hydrogens is 192 g/mol. The molecule has 0 aliphatic heterocycles. The largest absolute Gasteiger partial charge is 0.768 e. The Kier molecular flexibility index (Phi) is 1.96. The van der Waals surface area contributed by atoms with Crippen LogP contribution in [-0.2, 0) is 11.1 Å². The minimum atomic E-state index is -2.11. The molecule has 1 heterocycles. The van der Waals surface area contributed by atoms with Gasteiger partial charge in [0.1, 0.15) is 0 Å². The lowest BCUT2D eigenvalue weighted by molar-refractivity contribution is 0.538. The minimum absolute atomic E-state index is 0.399. The molecule has 0 aliphatic carbocycles. The van der Waals surface area contributed by atoms with E-state index in [2.05, 4.69) is 0 Å². The molecular formula is C8H5O2S2-. The normalized spacial score (nSPS) is 13.4. The first-order valence-corrected chi connectivity index (χ1v) is 5.30. The van der Waals surface area contributed by atoms with Crippen LogP contribution in [0.1, 0.15) is 0 Å². The summed E-state index contributed by atoms with van der Waals surface area (Å²) in [6.45, 7) is 0. The van der Waals surface area contributed by atoms with Gasteiger partial charge in [-0.25, -0.2) is 0 Å². The van der Waals surface area contributed by atoms with E-state index in [9.17, 15) is 8.76 Å². The van der Waals surface area contributed by atoms with Gasteiger partial charge >= 0.3 is 0 Å². The van der Waals surface area contributed by atoms with Crippen LogP contribution in [0.5, 0.6) is 0 Å². The van der Waals surface area contributed by atoms with Crippen LogP contribution in [0.15, 0.2) is 34.5 Å².